The van der Waals surface area contributed by atoms with Gasteiger partial charge in [0, 0.05) is 25.8 Å². The van der Waals surface area contributed by atoms with Crippen LogP contribution in [0, 0.1) is 6.92 Å². The molecule has 3 rings (SSSR count). The number of ether oxygens (including phenoxy) is 2. The summed E-state index contributed by atoms with van der Waals surface area (Å²) in [6.07, 6.45) is 1.22. The normalized spacial score (nSPS) is 22.8. The van der Waals surface area contributed by atoms with E-state index in [-0.39, 0.29) is 5.91 Å². The van der Waals surface area contributed by atoms with Crippen molar-refractivity contribution in [2.75, 3.05) is 39.5 Å². The lowest BCUT2D eigenvalue weighted by atomic mass is 9.76. The van der Waals surface area contributed by atoms with Gasteiger partial charge in [-0.1, -0.05) is 5.16 Å². The second-order valence-corrected chi connectivity index (χ2v) is 5.50. The maximum Gasteiger partial charge on any atom is 0.250 e. The molecule has 7 heteroatoms. The fourth-order valence-corrected chi connectivity index (χ4v) is 2.90. The van der Waals surface area contributed by atoms with E-state index in [2.05, 4.69) is 10.6 Å². The van der Waals surface area contributed by atoms with Gasteiger partial charge in [-0.15, -0.1) is 0 Å². The summed E-state index contributed by atoms with van der Waals surface area (Å²) in [4.78, 5) is 13.1. The van der Waals surface area contributed by atoms with Crippen LogP contribution >= 0.6 is 0 Å². The van der Waals surface area contributed by atoms with E-state index in [1.807, 2.05) is 13.0 Å². The summed E-state index contributed by atoms with van der Waals surface area (Å²) in [7, 11) is 0. The maximum atomic E-state index is 13.1. The topological polar surface area (TPSA) is 76.8 Å². The lowest BCUT2D eigenvalue weighted by Gasteiger charge is -2.37. The van der Waals surface area contributed by atoms with Gasteiger partial charge in [-0.3, -0.25) is 9.80 Å². The van der Waals surface area contributed by atoms with Crippen LogP contribution < -0.4 is 5.43 Å². The Labute approximate surface area is 123 Å². The zero-order chi connectivity index (χ0) is 14.7. The number of nitrogens with zero attached hydrogens (tertiary/aromatic N) is 2. The summed E-state index contributed by atoms with van der Waals surface area (Å²) in [5, 5.41) is 5.61. The summed E-state index contributed by atoms with van der Waals surface area (Å²) in [6, 6.07) is 1.86. The van der Waals surface area contributed by atoms with Crippen molar-refractivity contribution in [3.05, 3.63) is 17.5 Å². The van der Waals surface area contributed by atoms with E-state index in [1.165, 1.54) is 0 Å². The molecule has 2 fully saturated rings. The van der Waals surface area contributed by atoms with E-state index in [4.69, 9.17) is 14.0 Å². The Bertz CT molecular complexity index is 488. The van der Waals surface area contributed by atoms with Crippen molar-refractivity contribution in [3.8, 4) is 0 Å². The number of hydrazine groups is 1. The number of carbonyl (C=O) groups excluding carboxylic acids is 1. The number of nitrogens with one attached hydrogen (secondary N) is 1. The quantitative estimate of drug-likeness (QED) is 0.851. The van der Waals surface area contributed by atoms with Crippen molar-refractivity contribution in [1.29, 1.82) is 0 Å². The van der Waals surface area contributed by atoms with Crippen LogP contribution in [0.5, 0.6) is 0 Å². The number of amides is 1. The van der Waals surface area contributed by atoms with Gasteiger partial charge < -0.3 is 14.0 Å². The molecule has 1 aromatic rings. The Morgan fingerprint density at radius 2 is 2.05 bits per heavy atom. The molecule has 116 valence electrons. The molecule has 2 saturated heterocycles. The monoisotopic (exact) mass is 295 g/mol. The summed E-state index contributed by atoms with van der Waals surface area (Å²) >= 11 is 0. The zero-order valence-electron chi connectivity index (χ0n) is 12.3. The number of aryl methyl sites for hydroxylation is 1. The first-order valence-corrected chi connectivity index (χ1v) is 7.37. The third kappa shape index (κ3) is 2.81. The minimum absolute atomic E-state index is 0.0208. The third-order valence-corrected chi connectivity index (χ3v) is 4.11. The summed E-state index contributed by atoms with van der Waals surface area (Å²) in [6.45, 7) is 5.29. The molecule has 1 amide bonds. The molecular weight excluding hydrogens is 274 g/mol. The van der Waals surface area contributed by atoms with Gasteiger partial charge in [-0.2, -0.15) is 0 Å². The van der Waals surface area contributed by atoms with Gasteiger partial charge in [0.15, 0.2) is 5.76 Å². The molecule has 0 radical (unpaired) electrons. The molecule has 0 bridgehead atoms. The maximum absolute atomic E-state index is 13.1. The second-order valence-electron chi connectivity index (χ2n) is 5.50. The van der Waals surface area contributed by atoms with E-state index in [0.717, 1.165) is 5.69 Å². The van der Waals surface area contributed by atoms with Gasteiger partial charge in [0.2, 0.25) is 0 Å². The molecule has 0 unspecified atom stereocenters. The van der Waals surface area contributed by atoms with E-state index < -0.39 is 5.41 Å². The minimum Gasteiger partial charge on any atom is -0.381 e. The van der Waals surface area contributed by atoms with Crippen molar-refractivity contribution in [2.45, 2.75) is 25.2 Å². The minimum atomic E-state index is -0.684. The summed E-state index contributed by atoms with van der Waals surface area (Å²) in [5.74, 6) is 0.660. The molecule has 0 atom stereocenters. The first-order valence-electron chi connectivity index (χ1n) is 7.37. The van der Waals surface area contributed by atoms with Crippen molar-refractivity contribution in [1.82, 2.24) is 15.6 Å². The molecule has 2 aliphatic heterocycles. The molecule has 3 heterocycles. The van der Waals surface area contributed by atoms with Crippen LogP contribution in [0.4, 0.5) is 0 Å². The highest BCUT2D eigenvalue weighted by molar-refractivity contribution is 5.87. The highest BCUT2D eigenvalue weighted by Gasteiger charge is 2.47. The molecule has 1 aromatic heterocycles. The van der Waals surface area contributed by atoms with Gasteiger partial charge in [0.05, 0.1) is 25.5 Å². The van der Waals surface area contributed by atoms with E-state index in [9.17, 15) is 4.79 Å². The van der Waals surface area contributed by atoms with Crippen molar-refractivity contribution >= 4 is 5.91 Å². The Hall–Kier alpha value is -1.44. The summed E-state index contributed by atoms with van der Waals surface area (Å²) in [5.41, 5.74) is 3.24. The number of hydrogen-bond donors (Lipinski definition) is 1. The first kappa shape index (κ1) is 14.5. The number of carbonyl (C=O) groups is 1. The Morgan fingerprint density at radius 1 is 1.29 bits per heavy atom. The van der Waals surface area contributed by atoms with E-state index in [1.54, 1.807) is 5.01 Å². The lowest BCUT2D eigenvalue weighted by molar-refractivity contribution is -0.145. The molecular formula is C14H21N3O4. The van der Waals surface area contributed by atoms with Crippen LogP contribution in [0.3, 0.4) is 0 Å². The zero-order valence-corrected chi connectivity index (χ0v) is 12.3. The molecule has 1 N–H and O–H groups in total. The Kier molecular flexibility index (Phi) is 4.23. The van der Waals surface area contributed by atoms with Crippen molar-refractivity contribution in [2.24, 2.45) is 0 Å². The molecule has 0 aliphatic carbocycles. The first-order chi connectivity index (χ1) is 10.2. The predicted octanol–water partition coefficient (Wildman–Crippen LogP) is 0.395. The van der Waals surface area contributed by atoms with E-state index in [0.29, 0.717) is 58.1 Å². The highest BCUT2D eigenvalue weighted by Crippen LogP contribution is 2.37. The second kappa shape index (κ2) is 6.13. The highest BCUT2D eigenvalue weighted by atomic mass is 16.5. The van der Waals surface area contributed by atoms with E-state index >= 15 is 0 Å². The fourth-order valence-electron chi connectivity index (χ4n) is 2.90. The van der Waals surface area contributed by atoms with Crippen LogP contribution in [0.15, 0.2) is 10.6 Å². The molecule has 0 saturated carbocycles. The number of hydrogen-bond acceptors (Lipinski definition) is 6. The number of aromatic nitrogens is 1. The largest absolute Gasteiger partial charge is 0.381 e. The van der Waals surface area contributed by atoms with Crippen molar-refractivity contribution < 1.29 is 18.8 Å². The fraction of sp³-hybridized carbons (Fsp3) is 0.714. The third-order valence-electron chi connectivity index (χ3n) is 4.11. The van der Waals surface area contributed by atoms with Crippen LogP contribution in [0.2, 0.25) is 0 Å². The summed E-state index contributed by atoms with van der Waals surface area (Å²) < 4.78 is 16.3. The molecule has 2 aliphatic rings. The van der Waals surface area contributed by atoms with Gasteiger partial charge in [0.1, 0.15) is 5.41 Å². The van der Waals surface area contributed by atoms with Crippen LogP contribution in [-0.4, -0.2) is 55.6 Å². The van der Waals surface area contributed by atoms with Crippen LogP contribution in [-0.2, 0) is 19.7 Å². The SMILES string of the molecule is Cc1cc(C2(C(=O)N3CCOCCN3)CCOCC2)on1. The Balaban J connectivity index is 1.89. The molecule has 0 spiro atoms. The van der Waals surface area contributed by atoms with Crippen molar-refractivity contribution in [3.63, 3.8) is 0 Å². The molecule has 0 aromatic carbocycles. The smallest absolute Gasteiger partial charge is 0.250 e. The lowest BCUT2D eigenvalue weighted by Crippen LogP contribution is -2.54. The van der Waals surface area contributed by atoms with Gasteiger partial charge in [0.25, 0.3) is 5.91 Å². The Morgan fingerprint density at radius 3 is 2.76 bits per heavy atom. The predicted molar refractivity (Wildman–Crippen MR) is 73.5 cm³/mol. The molecule has 7 nitrogen and oxygen atoms in total. The molecule has 21 heavy (non-hydrogen) atoms. The average molecular weight is 295 g/mol. The van der Waals surface area contributed by atoms with Gasteiger partial charge in [-0.25, -0.2) is 5.43 Å². The van der Waals surface area contributed by atoms with Gasteiger partial charge >= 0.3 is 0 Å². The van der Waals surface area contributed by atoms with Crippen LogP contribution in [0.1, 0.15) is 24.3 Å². The van der Waals surface area contributed by atoms with Crippen LogP contribution in [0.25, 0.3) is 0 Å². The van der Waals surface area contributed by atoms with Gasteiger partial charge in [-0.05, 0) is 19.8 Å². The number of rotatable bonds is 2. The standard InChI is InChI=1S/C14H21N3O4/c1-11-10-12(21-16-11)14(2-6-19-7-3-14)13(18)17-5-9-20-8-4-15-17/h10,15H,2-9H2,1H3. The average Bonchev–Trinajstić information content (AvgIpc) is 2.79.